The Kier molecular flexibility index (Phi) is 2.77. The Labute approximate surface area is 127 Å². The van der Waals surface area contributed by atoms with Crippen LogP contribution < -0.4 is 5.56 Å². The fourth-order valence-corrected chi connectivity index (χ4v) is 3.36. The lowest BCUT2D eigenvalue weighted by Crippen LogP contribution is -2.21. The van der Waals surface area contributed by atoms with Gasteiger partial charge in [-0.25, -0.2) is 9.37 Å². The first-order chi connectivity index (χ1) is 10.6. The third-order valence-corrected chi connectivity index (χ3v) is 4.44. The van der Waals surface area contributed by atoms with E-state index in [-0.39, 0.29) is 11.4 Å². The molecule has 0 aliphatic rings. The molecule has 0 saturated heterocycles. The molecule has 1 aromatic carbocycles. The van der Waals surface area contributed by atoms with E-state index in [1.54, 1.807) is 0 Å². The molecule has 7 heteroatoms. The lowest BCUT2D eigenvalue weighted by atomic mass is 10.3. The molecule has 0 saturated carbocycles. The second-order valence-electron chi connectivity index (χ2n) is 4.87. The average Bonchev–Trinajstić information content (AvgIpc) is 2.87. The Hall–Kier alpha value is -2.67. The van der Waals surface area contributed by atoms with Gasteiger partial charge in [0.15, 0.2) is 0 Å². The zero-order valence-electron chi connectivity index (χ0n) is 11.4. The molecule has 0 unspecified atom stereocenters. The van der Waals surface area contributed by atoms with E-state index in [9.17, 15) is 9.18 Å². The maximum Gasteiger partial charge on any atom is 0.292 e. The zero-order valence-corrected chi connectivity index (χ0v) is 12.3. The van der Waals surface area contributed by atoms with Crippen molar-refractivity contribution in [2.24, 2.45) is 0 Å². The summed E-state index contributed by atoms with van der Waals surface area (Å²) in [5.74, 6) is -0.368. The molecule has 0 amide bonds. The zero-order chi connectivity index (χ0) is 15.3. The summed E-state index contributed by atoms with van der Waals surface area (Å²) >= 11 is 1.29. The van der Waals surface area contributed by atoms with E-state index >= 15 is 0 Å². The number of fused-ring (bicyclic) bond motifs is 3. The number of halogens is 1. The fraction of sp³-hybridized carbons (Fsp3) is 0.0667. The molecule has 4 rings (SSSR count). The molecule has 0 atom stereocenters. The number of hydrogen-bond acceptors (Lipinski definition) is 5. The van der Waals surface area contributed by atoms with Gasteiger partial charge in [-0.05, 0) is 43.3 Å². The second-order valence-corrected chi connectivity index (χ2v) is 5.87. The summed E-state index contributed by atoms with van der Waals surface area (Å²) in [6, 6.07) is 9.32. The van der Waals surface area contributed by atoms with Gasteiger partial charge in [-0.1, -0.05) is 5.21 Å². The van der Waals surface area contributed by atoms with Crippen molar-refractivity contribution in [1.29, 1.82) is 0 Å². The van der Waals surface area contributed by atoms with Crippen LogP contribution in [0.15, 0.2) is 41.2 Å². The smallest absolute Gasteiger partial charge is 0.266 e. The minimum absolute atomic E-state index is 0.280. The van der Waals surface area contributed by atoms with Gasteiger partial charge in [-0.15, -0.1) is 16.4 Å². The van der Waals surface area contributed by atoms with Crippen molar-refractivity contribution in [1.82, 2.24) is 20.0 Å². The van der Waals surface area contributed by atoms with Gasteiger partial charge in [0.25, 0.3) is 5.56 Å². The second kappa shape index (κ2) is 4.67. The van der Waals surface area contributed by atoms with Crippen LogP contribution in [0.25, 0.3) is 26.1 Å². The summed E-state index contributed by atoms with van der Waals surface area (Å²) in [6.45, 7) is 1.90. The van der Waals surface area contributed by atoms with Crippen LogP contribution in [0.3, 0.4) is 0 Å². The van der Waals surface area contributed by atoms with Crippen LogP contribution in [-0.2, 0) is 0 Å². The molecule has 5 nitrogen and oxygen atoms in total. The van der Waals surface area contributed by atoms with Gasteiger partial charge in [-0.2, -0.15) is 4.68 Å². The molecule has 0 bridgehead atoms. The highest BCUT2D eigenvalue weighted by molar-refractivity contribution is 7.25. The molecular weight excluding hydrogens is 303 g/mol. The summed E-state index contributed by atoms with van der Waals surface area (Å²) in [5.41, 5.74) is 1.63. The van der Waals surface area contributed by atoms with E-state index in [0.717, 1.165) is 15.9 Å². The van der Waals surface area contributed by atoms with Gasteiger partial charge in [0.2, 0.25) is 0 Å². The van der Waals surface area contributed by atoms with E-state index in [2.05, 4.69) is 15.3 Å². The number of benzene rings is 1. The lowest BCUT2D eigenvalue weighted by Gasteiger charge is -2.02. The van der Waals surface area contributed by atoms with Gasteiger partial charge in [0, 0.05) is 11.1 Å². The normalized spacial score (nSPS) is 11.4. The molecule has 0 N–H and O–H groups in total. The van der Waals surface area contributed by atoms with Crippen molar-refractivity contribution in [2.45, 2.75) is 6.92 Å². The molecule has 0 spiro atoms. The standard InChI is InChI=1S/C15H9FN4OS/c1-8-2-7-11-12-13(22-14(11)17-8)15(21)20(19-18-12)10-5-3-9(16)4-6-10/h2-7H,1H3. The topological polar surface area (TPSA) is 60.7 Å². The highest BCUT2D eigenvalue weighted by Gasteiger charge is 2.14. The highest BCUT2D eigenvalue weighted by Crippen LogP contribution is 2.28. The Balaban J connectivity index is 2.03. The Morgan fingerprint density at radius 1 is 1.14 bits per heavy atom. The van der Waals surface area contributed by atoms with E-state index in [1.807, 2.05) is 19.1 Å². The minimum atomic E-state index is -0.368. The van der Waals surface area contributed by atoms with Gasteiger partial charge < -0.3 is 0 Å². The molecule has 3 heterocycles. The average molecular weight is 312 g/mol. The van der Waals surface area contributed by atoms with Gasteiger partial charge in [-0.3, -0.25) is 4.79 Å². The third kappa shape index (κ3) is 1.90. The van der Waals surface area contributed by atoms with Crippen LogP contribution in [0, 0.1) is 12.7 Å². The molecule has 4 aromatic rings. The van der Waals surface area contributed by atoms with Gasteiger partial charge >= 0.3 is 0 Å². The summed E-state index contributed by atoms with van der Waals surface area (Å²) in [7, 11) is 0. The molecule has 22 heavy (non-hydrogen) atoms. The Morgan fingerprint density at radius 2 is 1.91 bits per heavy atom. The maximum atomic E-state index is 13.0. The fourth-order valence-electron chi connectivity index (χ4n) is 2.28. The predicted octanol–water partition coefficient (Wildman–Crippen LogP) is 2.84. The number of nitrogens with zero attached hydrogens (tertiary/aromatic N) is 4. The largest absolute Gasteiger partial charge is 0.292 e. The van der Waals surface area contributed by atoms with E-state index in [4.69, 9.17) is 0 Å². The van der Waals surface area contributed by atoms with Crippen molar-refractivity contribution >= 4 is 31.8 Å². The number of thiophene rings is 1. The number of rotatable bonds is 1. The van der Waals surface area contributed by atoms with Crippen LogP contribution in [0.2, 0.25) is 0 Å². The summed E-state index contributed by atoms with van der Waals surface area (Å²) in [6.07, 6.45) is 0. The predicted molar refractivity (Wildman–Crippen MR) is 83.0 cm³/mol. The number of aryl methyl sites for hydroxylation is 1. The Bertz CT molecular complexity index is 1070. The van der Waals surface area contributed by atoms with Gasteiger partial charge in [0.05, 0.1) is 5.69 Å². The van der Waals surface area contributed by atoms with E-state index in [0.29, 0.717) is 15.9 Å². The van der Waals surface area contributed by atoms with E-state index < -0.39 is 0 Å². The first kappa shape index (κ1) is 13.0. The molecule has 0 radical (unpaired) electrons. The van der Waals surface area contributed by atoms with Crippen molar-refractivity contribution < 1.29 is 4.39 Å². The van der Waals surface area contributed by atoms with Gasteiger partial charge in [0.1, 0.15) is 20.9 Å². The number of pyridine rings is 1. The van der Waals surface area contributed by atoms with Crippen molar-refractivity contribution in [3.05, 3.63) is 58.3 Å². The van der Waals surface area contributed by atoms with Crippen LogP contribution in [-0.4, -0.2) is 20.0 Å². The summed E-state index contributed by atoms with van der Waals surface area (Å²) < 4.78 is 14.7. The molecular formula is C15H9FN4OS. The van der Waals surface area contributed by atoms with Crippen molar-refractivity contribution in [2.75, 3.05) is 0 Å². The van der Waals surface area contributed by atoms with E-state index in [1.165, 1.54) is 40.3 Å². The SMILES string of the molecule is Cc1ccc2c(n1)sc1c(=O)n(-c3ccc(F)cc3)nnc12. The number of hydrogen-bond donors (Lipinski definition) is 0. The summed E-state index contributed by atoms with van der Waals surface area (Å²) in [4.78, 5) is 17.8. The monoisotopic (exact) mass is 312 g/mol. The molecule has 0 aliphatic carbocycles. The first-order valence-corrected chi connectivity index (χ1v) is 7.37. The minimum Gasteiger partial charge on any atom is -0.266 e. The molecule has 108 valence electrons. The van der Waals surface area contributed by atoms with Crippen LogP contribution in [0.4, 0.5) is 4.39 Å². The molecule has 0 fully saturated rings. The van der Waals surface area contributed by atoms with Crippen LogP contribution in [0.5, 0.6) is 0 Å². The highest BCUT2D eigenvalue weighted by atomic mass is 32.1. The Morgan fingerprint density at radius 3 is 2.68 bits per heavy atom. The lowest BCUT2D eigenvalue weighted by molar-refractivity contribution is 0.626. The van der Waals surface area contributed by atoms with Crippen molar-refractivity contribution in [3.63, 3.8) is 0 Å². The molecule has 0 aliphatic heterocycles. The maximum absolute atomic E-state index is 13.0. The van der Waals surface area contributed by atoms with Crippen LogP contribution in [0.1, 0.15) is 5.69 Å². The quantitative estimate of drug-likeness (QED) is 0.542. The number of aromatic nitrogens is 4. The van der Waals surface area contributed by atoms with Crippen LogP contribution >= 0.6 is 11.3 Å². The van der Waals surface area contributed by atoms with Crippen molar-refractivity contribution in [3.8, 4) is 5.69 Å². The third-order valence-electron chi connectivity index (χ3n) is 3.36. The molecule has 3 aromatic heterocycles. The summed E-state index contributed by atoms with van der Waals surface area (Å²) in [5, 5.41) is 8.93. The first-order valence-electron chi connectivity index (χ1n) is 6.55.